The lowest BCUT2D eigenvalue weighted by atomic mass is 9.82. The number of anilines is 1. The number of para-hydroxylation sites is 1. The van der Waals surface area contributed by atoms with E-state index < -0.39 is 23.2 Å². The van der Waals surface area contributed by atoms with E-state index in [9.17, 15) is 14.7 Å². The molecule has 5 heteroatoms. The molecule has 3 rings (SSSR count). The number of likely N-dealkylation sites (N-methyl/N-ethyl adjacent to an activating group) is 1. The average molecular weight is 289 g/mol. The highest BCUT2D eigenvalue weighted by Crippen LogP contribution is 2.45. The molecule has 1 saturated heterocycles. The third-order valence-electron chi connectivity index (χ3n) is 4.39. The van der Waals surface area contributed by atoms with Crippen LogP contribution in [-0.4, -0.2) is 35.5 Å². The number of hydrogen-bond donors (Lipinski definition) is 1. The van der Waals surface area contributed by atoms with E-state index in [4.69, 9.17) is 4.74 Å². The Hall–Kier alpha value is -1.72. The standard InChI is InChI=1S/C16H19NO4/c1-15(2)9-8-12(18)13(21-15)16(20)10-6-4-5-7-11(10)17(3)14(16)19/h4-7,13,20H,8-9H2,1-3H3/t13-,16-/m1/s1. The molecular weight excluding hydrogens is 270 g/mol. The van der Waals surface area contributed by atoms with Gasteiger partial charge in [-0.25, -0.2) is 0 Å². The first-order chi connectivity index (χ1) is 9.77. The van der Waals surface area contributed by atoms with Crippen LogP contribution in [0.5, 0.6) is 0 Å². The minimum absolute atomic E-state index is 0.227. The van der Waals surface area contributed by atoms with Crippen LogP contribution in [-0.2, 0) is 19.9 Å². The van der Waals surface area contributed by atoms with Crippen LogP contribution in [0.2, 0.25) is 0 Å². The maximum atomic E-state index is 12.6. The normalized spacial score (nSPS) is 31.4. The summed E-state index contributed by atoms with van der Waals surface area (Å²) in [5, 5.41) is 11.1. The number of hydrogen-bond acceptors (Lipinski definition) is 4. The van der Waals surface area contributed by atoms with Crippen molar-refractivity contribution in [3.05, 3.63) is 29.8 Å². The average Bonchev–Trinajstić information content (AvgIpc) is 2.65. The molecule has 2 aliphatic heterocycles. The number of ketones is 1. The molecule has 0 radical (unpaired) electrons. The van der Waals surface area contributed by atoms with Gasteiger partial charge in [0, 0.05) is 19.0 Å². The van der Waals surface area contributed by atoms with Crippen LogP contribution in [0.25, 0.3) is 0 Å². The van der Waals surface area contributed by atoms with Crippen LogP contribution in [0.4, 0.5) is 5.69 Å². The first kappa shape index (κ1) is 14.2. The summed E-state index contributed by atoms with van der Waals surface area (Å²) in [4.78, 5) is 26.2. The maximum absolute atomic E-state index is 12.6. The summed E-state index contributed by atoms with van der Waals surface area (Å²) in [6, 6.07) is 6.97. The Labute approximate surface area is 123 Å². The van der Waals surface area contributed by atoms with E-state index in [1.165, 1.54) is 4.90 Å². The Kier molecular flexibility index (Phi) is 2.97. The lowest BCUT2D eigenvalue weighted by Gasteiger charge is -2.40. The van der Waals surface area contributed by atoms with Crippen LogP contribution in [0.15, 0.2) is 24.3 Å². The van der Waals surface area contributed by atoms with E-state index in [0.717, 1.165) is 0 Å². The molecule has 21 heavy (non-hydrogen) atoms. The van der Waals surface area contributed by atoms with Crippen molar-refractivity contribution in [2.24, 2.45) is 0 Å². The first-order valence-corrected chi connectivity index (χ1v) is 7.08. The molecular formula is C16H19NO4. The number of carbonyl (C=O) groups excluding carboxylic acids is 2. The lowest BCUT2D eigenvalue weighted by molar-refractivity contribution is -0.195. The van der Waals surface area contributed by atoms with Gasteiger partial charge in [0.15, 0.2) is 11.9 Å². The Morgan fingerprint density at radius 3 is 2.67 bits per heavy atom. The second kappa shape index (κ2) is 4.39. The minimum Gasteiger partial charge on any atom is -0.373 e. The highest BCUT2D eigenvalue weighted by molar-refractivity contribution is 6.10. The van der Waals surface area contributed by atoms with Crippen molar-refractivity contribution in [3.63, 3.8) is 0 Å². The topological polar surface area (TPSA) is 66.8 Å². The molecule has 0 aliphatic carbocycles. The van der Waals surface area contributed by atoms with Crippen molar-refractivity contribution in [3.8, 4) is 0 Å². The van der Waals surface area contributed by atoms with Gasteiger partial charge in [0.2, 0.25) is 5.60 Å². The van der Waals surface area contributed by atoms with E-state index in [2.05, 4.69) is 0 Å². The molecule has 0 bridgehead atoms. The number of benzene rings is 1. The van der Waals surface area contributed by atoms with E-state index >= 15 is 0 Å². The van der Waals surface area contributed by atoms with Crippen molar-refractivity contribution >= 4 is 17.4 Å². The molecule has 0 aromatic heterocycles. The van der Waals surface area contributed by atoms with Crippen molar-refractivity contribution in [1.82, 2.24) is 0 Å². The van der Waals surface area contributed by atoms with Crippen molar-refractivity contribution < 1.29 is 19.4 Å². The third kappa shape index (κ3) is 1.92. The Bertz CT molecular complexity index is 624. The molecule has 0 spiro atoms. The zero-order chi connectivity index (χ0) is 15.4. The number of aliphatic hydroxyl groups is 1. The zero-order valence-corrected chi connectivity index (χ0v) is 12.4. The second-order valence-corrected chi connectivity index (χ2v) is 6.37. The molecule has 2 atom stereocenters. The number of carbonyl (C=O) groups is 2. The fourth-order valence-electron chi connectivity index (χ4n) is 3.14. The van der Waals surface area contributed by atoms with Gasteiger partial charge in [-0.05, 0) is 26.3 Å². The van der Waals surface area contributed by atoms with Gasteiger partial charge < -0.3 is 14.7 Å². The van der Waals surface area contributed by atoms with Gasteiger partial charge in [-0.3, -0.25) is 9.59 Å². The Balaban J connectivity index is 2.12. The highest BCUT2D eigenvalue weighted by Gasteiger charge is 2.58. The summed E-state index contributed by atoms with van der Waals surface area (Å²) in [6.45, 7) is 3.73. The van der Waals surface area contributed by atoms with Crippen molar-refractivity contribution in [2.75, 3.05) is 11.9 Å². The molecule has 5 nitrogen and oxygen atoms in total. The van der Waals surface area contributed by atoms with Gasteiger partial charge in [0.1, 0.15) is 0 Å². The molecule has 1 N–H and O–H groups in total. The van der Waals surface area contributed by atoms with Crippen LogP contribution >= 0.6 is 0 Å². The number of nitrogens with zero attached hydrogens (tertiary/aromatic N) is 1. The molecule has 1 amide bonds. The fourth-order valence-corrected chi connectivity index (χ4v) is 3.14. The largest absolute Gasteiger partial charge is 0.373 e. The first-order valence-electron chi connectivity index (χ1n) is 7.08. The monoisotopic (exact) mass is 289 g/mol. The summed E-state index contributed by atoms with van der Waals surface area (Å²) in [7, 11) is 1.59. The third-order valence-corrected chi connectivity index (χ3v) is 4.39. The van der Waals surface area contributed by atoms with Gasteiger partial charge >= 0.3 is 0 Å². The van der Waals surface area contributed by atoms with Crippen molar-refractivity contribution in [2.45, 2.75) is 44.0 Å². The predicted molar refractivity (Wildman–Crippen MR) is 76.9 cm³/mol. The predicted octanol–water partition coefficient (Wildman–Crippen LogP) is 1.38. The second-order valence-electron chi connectivity index (χ2n) is 6.37. The SMILES string of the molecule is CN1C(=O)[C@](O)([C@@H]2OC(C)(C)CCC2=O)c2ccccc21. The Morgan fingerprint density at radius 1 is 1.29 bits per heavy atom. The molecule has 2 heterocycles. The number of rotatable bonds is 1. The van der Waals surface area contributed by atoms with Gasteiger partial charge in [0.05, 0.1) is 11.3 Å². The zero-order valence-electron chi connectivity index (χ0n) is 12.4. The lowest BCUT2D eigenvalue weighted by Crippen LogP contribution is -2.57. The van der Waals surface area contributed by atoms with Gasteiger partial charge in [-0.1, -0.05) is 18.2 Å². The van der Waals surface area contributed by atoms with Gasteiger partial charge in [-0.15, -0.1) is 0 Å². The molecule has 2 aliphatic rings. The number of fused-ring (bicyclic) bond motifs is 1. The van der Waals surface area contributed by atoms with E-state index in [1.807, 2.05) is 13.8 Å². The van der Waals surface area contributed by atoms with Crippen molar-refractivity contribution in [1.29, 1.82) is 0 Å². The van der Waals surface area contributed by atoms with E-state index in [0.29, 0.717) is 24.1 Å². The fraction of sp³-hybridized carbons (Fsp3) is 0.500. The van der Waals surface area contributed by atoms with Gasteiger partial charge in [-0.2, -0.15) is 0 Å². The summed E-state index contributed by atoms with van der Waals surface area (Å²) in [5.74, 6) is -0.741. The Morgan fingerprint density at radius 2 is 1.95 bits per heavy atom. The van der Waals surface area contributed by atoms with Crippen LogP contribution in [0.1, 0.15) is 32.3 Å². The van der Waals surface area contributed by atoms with Crippen LogP contribution < -0.4 is 4.90 Å². The summed E-state index contributed by atoms with van der Waals surface area (Å²) >= 11 is 0. The smallest absolute Gasteiger partial charge is 0.266 e. The molecule has 0 unspecified atom stereocenters. The number of amides is 1. The maximum Gasteiger partial charge on any atom is 0.266 e. The summed E-state index contributed by atoms with van der Waals surface area (Å²) in [6.07, 6.45) is -0.261. The summed E-state index contributed by atoms with van der Waals surface area (Å²) in [5.41, 5.74) is -1.41. The summed E-state index contributed by atoms with van der Waals surface area (Å²) < 4.78 is 5.80. The molecule has 1 aromatic carbocycles. The highest BCUT2D eigenvalue weighted by atomic mass is 16.5. The van der Waals surface area contributed by atoms with Gasteiger partial charge in [0.25, 0.3) is 5.91 Å². The quantitative estimate of drug-likeness (QED) is 0.848. The van der Waals surface area contributed by atoms with E-state index in [-0.39, 0.29) is 5.78 Å². The number of Topliss-reactive ketones (excluding diaryl/α,β-unsaturated/α-hetero) is 1. The van der Waals surface area contributed by atoms with E-state index in [1.54, 1.807) is 31.3 Å². The molecule has 1 fully saturated rings. The number of ether oxygens (including phenoxy) is 1. The molecule has 112 valence electrons. The van der Waals surface area contributed by atoms with Crippen LogP contribution in [0, 0.1) is 0 Å². The molecule has 0 saturated carbocycles. The van der Waals surface area contributed by atoms with Crippen LogP contribution in [0.3, 0.4) is 0 Å². The molecule has 1 aromatic rings. The minimum atomic E-state index is -1.93.